The Hall–Kier alpha value is -1.14. The second-order valence-electron chi connectivity index (χ2n) is 5.80. The molecule has 0 radical (unpaired) electrons. The Morgan fingerprint density at radius 1 is 1.55 bits per heavy atom. The maximum absolute atomic E-state index is 14.2. The van der Waals surface area contributed by atoms with Gasteiger partial charge in [0.2, 0.25) is 0 Å². The first-order chi connectivity index (χ1) is 9.19. The van der Waals surface area contributed by atoms with Gasteiger partial charge < -0.3 is 9.84 Å². The molecule has 1 aromatic carbocycles. The van der Waals surface area contributed by atoms with Gasteiger partial charge in [0.15, 0.2) is 5.82 Å². The van der Waals surface area contributed by atoms with Gasteiger partial charge in [-0.15, -0.1) is 0 Å². The van der Waals surface area contributed by atoms with Gasteiger partial charge in [0.25, 0.3) is 0 Å². The quantitative estimate of drug-likeness (QED) is 0.811. The van der Waals surface area contributed by atoms with Crippen molar-refractivity contribution in [3.63, 3.8) is 0 Å². The van der Waals surface area contributed by atoms with Gasteiger partial charge in [-0.3, -0.25) is 5.32 Å². The number of fused-ring (bicyclic) bond motifs is 1. The van der Waals surface area contributed by atoms with E-state index in [0.29, 0.717) is 18.4 Å². The fourth-order valence-corrected chi connectivity index (χ4v) is 2.72. The summed E-state index contributed by atoms with van der Waals surface area (Å²) < 4.78 is 19.6. The van der Waals surface area contributed by atoms with Crippen LogP contribution in [0.1, 0.15) is 44.4 Å². The summed E-state index contributed by atoms with van der Waals surface area (Å²) in [6, 6.07) is 1.64. The Balaban J connectivity index is 2.34. The first-order valence-electron chi connectivity index (χ1n) is 6.38. The Kier molecular flexibility index (Phi) is 4.07. The van der Waals surface area contributed by atoms with E-state index in [2.05, 4.69) is 21.2 Å². The second-order valence-corrected chi connectivity index (χ2v) is 6.66. The number of amides is 1. The van der Waals surface area contributed by atoms with E-state index in [1.807, 2.05) is 0 Å². The minimum absolute atomic E-state index is 0.00590. The zero-order chi connectivity index (χ0) is 15.1. The first kappa shape index (κ1) is 15.3. The average molecular weight is 346 g/mol. The molecule has 0 aromatic heterocycles. The normalized spacial score (nSPS) is 17.8. The number of aliphatic hydroxyl groups excluding tert-OH is 1. The predicted molar refractivity (Wildman–Crippen MR) is 77.2 cm³/mol. The third-order valence-electron chi connectivity index (χ3n) is 2.99. The summed E-state index contributed by atoms with van der Waals surface area (Å²) in [6.07, 6.45) is -0.333. The molecule has 1 aromatic rings. The number of anilines is 1. The molecule has 4 nitrogen and oxygen atoms in total. The third-order valence-corrected chi connectivity index (χ3v) is 3.57. The fraction of sp³-hybridized carbons (Fsp3) is 0.500. The number of benzene rings is 1. The van der Waals surface area contributed by atoms with E-state index in [9.17, 15) is 14.3 Å². The molecule has 0 saturated carbocycles. The first-order valence-corrected chi connectivity index (χ1v) is 7.17. The molecule has 0 aliphatic heterocycles. The summed E-state index contributed by atoms with van der Waals surface area (Å²) in [4.78, 5) is 11.8. The molecule has 110 valence electrons. The molecule has 1 aliphatic rings. The predicted octanol–water partition coefficient (Wildman–Crippen LogP) is 3.91. The van der Waals surface area contributed by atoms with Crippen molar-refractivity contribution < 1.29 is 19.0 Å². The topological polar surface area (TPSA) is 58.6 Å². The van der Waals surface area contributed by atoms with Gasteiger partial charge in [-0.05, 0) is 61.2 Å². The summed E-state index contributed by atoms with van der Waals surface area (Å²) >= 11 is 3.12. The summed E-state index contributed by atoms with van der Waals surface area (Å²) in [7, 11) is 0. The lowest BCUT2D eigenvalue weighted by Gasteiger charge is -2.21. The van der Waals surface area contributed by atoms with Crippen molar-refractivity contribution in [1.29, 1.82) is 0 Å². The minimum Gasteiger partial charge on any atom is -0.444 e. The van der Waals surface area contributed by atoms with E-state index in [1.165, 1.54) is 0 Å². The third kappa shape index (κ3) is 3.12. The van der Waals surface area contributed by atoms with E-state index in [-0.39, 0.29) is 10.2 Å². The number of aliphatic hydroxyl groups is 1. The number of hydrogen-bond donors (Lipinski definition) is 2. The SMILES string of the molecule is CC(C)(C)OC(=O)Nc1c(F)c(Br)cc2c1C(O)CC2. The molecule has 0 bridgehead atoms. The van der Waals surface area contributed by atoms with Crippen molar-refractivity contribution in [2.45, 2.75) is 45.3 Å². The van der Waals surface area contributed by atoms with Crippen molar-refractivity contribution in [1.82, 2.24) is 0 Å². The van der Waals surface area contributed by atoms with Crippen molar-refractivity contribution in [3.8, 4) is 0 Å². The van der Waals surface area contributed by atoms with Crippen LogP contribution in [0.5, 0.6) is 0 Å². The Morgan fingerprint density at radius 2 is 2.20 bits per heavy atom. The van der Waals surface area contributed by atoms with Crippen LogP contribution in [0.2, 0.25) is 0 Å². The summed E-state index contributed by atoms with van der Waals surface area (Å²) in [5.74, 6) is -0.601. The molecule has 1 unspecified atom stereocenters. The van der Waals surface area contributed by atoms with Crippen molar-refractivity contribution in [2.75, 3.05) is 5.32 Å². The Labute approximate surface area is 125 Å². The molecule has 20 heavy (non-hydrogen) atoms. The maximum Gasteiger partial charge on any atom is 0.412 e. The number of rotatable bonds is 1. The second kappa shape index (κ2) is 5.33. The number of ether oxygens (including phenoxy) is 1. The van der Waals surface area contributed by atoms with Gasteiger partial charge in [0, 0.05) is 5.56 Å². The van der Waals surface area contributed by atoms with Crippen LogP contribution in [0.3, 0.4) is 0 Å². The van der Waals surface area contributed by atoms with Crippen molar-refractivity contribution in [3.05, 3.63) is 27.5 Å². The van der Waals surface area contributed by atoms with Gasteiger partial charge in [0.05, 0.1) is 16.3 Å². The lowest BCUT2D eigenvalue weighted by atomic mass is 10.1. The molecule has 1 amide bonds. The highest BCUT2D eigenvalue weighted by atomic mass is 79.9. The lowest BCUT2D eigenvalue weighted by Crippen LogP contribution is -2.28. The van der Waals surface area contributed by atoms with E-state index in [0.717, 1.165) is 5.56 Å². The molecule has 2 rings (SSSR count). The lowest BCUT2D eigenvalue weighted by molar-refractivity contribution is 0.0634. The van der Waals surface area contributed by atoms with E-state index < -0.39 is 23.6 Å². The molecule has 0 saturated heterocycles. The summed E-state index contributed by atoms with van der Waals surface area (Å²) in [6.45, 7) is 5.18. The van der Waals surface area contributed by atoms with Crippen molar-refractivity contribution in [2.24, 2.45) is 0 Å². The molecule has 1 atom stereocenters. The van der Waals surface area contributed by atoms with Gasteiger partial charge >= 0.3 is 6.09 Å². The number of carbonyl (C=O) groups is 1. The van der Waals surface area contributed by atoms with Crippen LogP contribution >= 0.6 is 15.9 Å². The summed E-state index contributed by atoms with van der Waals surface area (Å²) in [5.41, 5.74) is 0.593. The van der Waals surface area contributed by atoms with Crippen LogP contribution in [0.25, 0.3) is 0 Å². The van der Waals surface area contributed by atoms with Crippen molar-refractivity contribution >= 4 is 27.7 Å². The molecule has 2 N–H and O–H groups in total. The molecular weight excluding hydrogens is 329 g/mol. The number of carbonyl (C=O) groups excluding carboxylic acids is 1. The maximum atomic E-state index is 14.2. The van der Waals surface area contributed by atoms with Crippen LogP contribution in [0, 0.1) is 5.82 Å². The van der Waals surface area contributed by atoms with Crippen LogP contribution in [-0.2, 0) is 11.2 Å². The molecule has 0 fully saturated rings. The van der Waals surface area contributed by atoms with E-state index in [4.69, 9.17) is 4.74 Å². The van der Waals surface area contributed by atoms with E-state index >= 15 is 0 Å². The highest BCUT2D eigenvalue weighted by molar-refractivity contribution is 9.10. The highest BCUT2D eigenvalue weighted by Gasteiger charge is 2.29. The Bertz CT molecular complexity index is 554. The standard InChI is InChI=1S/C14H17BrFNO3/c1-14(2,3)20-13(19)17-12-10-7(4-5-9(10)18)6-8(15)11(12)16/h6,9,18H,4-5H2,1-3H3,(H,17,19). The molecule has 0 heterocycles. The fourth-order valence-electron chi connectivity index (χ4n) is 2.24. The number of halogens is 2. The average Bonchev–Trinajstić information content (AvgIpc) is 2.64. The monoisotopic (exact) mass is 345 g/mol. The minimum atomic E-state index is -0.766. The van der Waals surface area contributed by atoms with Gasteiger partial charge in [-0.25, -0.2) is 9.18 Å². The zero-order valence-corrected chi connectivity index (χ0v) is 13.2. The van der Waals surface area contributed by atoms with Crippen LogP contribution in [0.4, 0.5) is 14.9 Å². The number of hydrogen-bond acceptors (Lipinski definition) is 3. The molecule has 6 heteroatoms. The smallest absolute Gasteiger partial charge is 0.412 e. The molecule has 0 spiro atoms. The Morgan fingerprint density at radius 3 is 2.80 bits per heavy atom. The highest BCUT2D eigenvalue weighted by Crippen LogP contribution is 2.41. The number of aryl methyl sites for hydroxylation is 1. The van der Waals surface area contributed by atoms with Crippen LogP contribution in [-0.4, -0.2) is 16.8 Å². The summed E-state index contributed by atoms with van der Waals surface area (Å²) in [5, 5.41) is 12.4. The van der Waals surface area contributed by atoms with Gasteiger partial charge in [0.1, 0.15) is 5.60 Å². The van der Waals surface area contributed by atoms with Crippen LogP contribution < -0.4 is 5.32 Å². The molecule has 1 aliphatic carbocycles. The van der Waals surface area contributed by atoms with Gasteiger partial charge in [-0.2, -0.15) is 0 Å². The number of nitrogens with one attached hydrogen (secondary N) is 1. The van der Waals surface area contributed by atoms with E-state index in [1.54, 1.807) is 26.8 Å². The largest absolute Gasteiger partial charge is 0.444 e. The van der Waals surface area contributed by atoms with Gasteiger partial charge in [-0.1, -0.05) is 0 Å². The molecular formula is C14H17BrFNO3. The zero-order valence-electron chi connectivity index (χ0n) is 11.6. The van der Waals surface area contributed by atoms with Crippen LogP contribution in [0.15, 0.2) is 10.5 Å².